The lowest BCUT2D eigenvalue weighted by Gasteiger charge is -2.27. The monoisotopic (exact) mass is 295 g/mol. The van der Waals surface area contributed by atoms with E-state index in [2.05, 4.69) is 10.4 Å². The van der Waals surface area contributed by atoms with Gasteiger partial charge in [-0.05, 0) is 34.1 Å². The number of hydrogen-bond donors (Lipinski definition) is 2. The molecule has 1 amide bonds. The summed E-state index contributed by atoms with van der Waals surface area (Å²) in [4.78, 5) is 23.9. The number of aryl methyl sites for hydroxylation is 2. The van der Waals surface area contributed by atoms with Crippen LogP contribution in [-0.4, -0.2) is 32.3 Å². The first-order valence-electron chi connectivity index (χ1n) is 7.19. The van der Waals surface area contributed by atoms with Gasteiger partial charge in [0.15, 0.2) is 0 Å². The van der Waals surface area contributed by atoms with Gasteiger partial charge in [0.2, 0.25) is 5.91 Å². The molecule has 0 spiro atoms. The van der Waals surface area contributed by atoms with Crippen molar-refractivity contribution in [3.05, 3.63) is 17.0 Å². The molecule has 2 atom stereocenters. The number of nitrogens with zero attached hydrogens (tertiary/aromatic N) is 2. The fraction of sp³-hybridized carbons (Fsp3) is 0.667. The molecular weight excluding hydrogens is 270 g/mol. The van der Waals surface area contributed by atoms with Crippen LogP contribution in [-0.2, 0) is 16.6 Å². The number of rotatable bonds is 6. The molecule has 1 rings (SSSR count). The molecule has 0 aromatic carbocycles. The first kappa shape index (κ1) is 17.2. The fourth-order valence-corrected chi connectivity index (χ4v) is 2.65. The van der Waals surface area contributed by atoms with Gasteiger partial charge in [0.25, 0.3) is 0 Å². The minimum atomic E-state index is -1.23. The first-order valence-corrected chi connectivity index (χ1v) is 7.19. The second kappa shape index (κ2) is 6.28. The van der Waals surface area contributed by atoms with Gasteiger partial charge in [0, 0.05) is 18.3 Å². The van der Waals surface area contributed by atoms with Gasteiger partial charge in [-0.2, -0.15) is 5.10 Å². The van der Waals surface area contributed by atoms with E-state index in [9.17, 15) is 14.7 Å². The summed E-state index contributed by atoms with van der Waals surface area (Å²) in [5.41, 5.74) is 1.34. The van der Waals surface area contributed by atoms with E-state index in [0.29, 0.717) is 12.8 Å². The molecule has 0 bridgehead atoms. The normalized spacial score (nSPS) is 15.3. The van der Waals surface area contributed by atoms with Crippen LogP contribution in [0.3, 0.4) is 0 Å². The van der Waals surface area contributed by atoms with Crippen molar-refractivity contribution in [3.63, 3.8) is 0 Å². The summed E-state index contributed by atoms with van der Waals surface area (Å²) in [6, 6.07) is 0. The van der Waals surface area contributed by atoms with Crippen molar-refractivity contribution in [1.82, 2.24) is 15.1 Å². The van der Waals surface area contributed by atoms with E-state index in [0.717, 1.165) is 17.0 Å². The molecule has 1 heterocycles. The van der Waals surface area contributed by atoms with Crippen LogP contribution in [0.2, 0.25) is 0 Å². The van der Waals surface area contributed by atoms with E-state index in [4.69, 9.17) is 0 Å². The maximum Gasteiger partial charge on any atom is 0.329 e. The van der Waals surface area contributed by atoms with Crippen LogP contribution in [0.1, 0.15) is 56.5 Å². The number of nitrogens with one attached hydrogen (secondary N) is 1. The third kappa shape index (κ3) is 3.43. The van der Waals surface area contributed by atoms with Crippen molar-refractivity contribution in [3.8, 4) is 0 Å². The number of aromatic nitrogens is 2. The van der Waals surface area contributed by atoms with Crippen molar-refractivity contribution in [2.45, 2.75) is 58.9 Å². The molecule has 1 aromatic rings. The van der Waals surface area contributed by atoms with Crippen LogP contribution in [0.25, 0.3) is 0 Å². The lowest BCUT2D eigenvalue weighted by molar-refractivity contribution is -0.147. The van der Waals surface area contributed by atoms with Crippen LogP contribution < -0.4 is 5.32 Å². The number of amides is 1. The third-order valence-corrected chi connectivity index (χ3v) is 4.01. The molecule has 1 aromatic heterocycles. The van der Waals surface area contributed by atoms with Gasteiger partial charge in [-0.15, -0.1) is 0 Å². The minimum absolute atomic E-state index is 0.285. The van der Waals surface area contributed by atoms with Crippen LogP contribution >= 0.6 is 0 Å². The highest BCUT2D eigenvalue weighted by Crippen LogP contribution is 2.24. The number of carbonyl (C=O) groups excluding carboxylic acids is 1. The molecule has 0 fully saturated rings. The Hall–Kier alpha value is -1.85. The highest BCUT2D eigenvalue weighted by molar-refractivity contribution is 5.90. The molecule has 118 valence electrons. The van der Waals surface area contributed by atoms with Gasteiger partial charge < -0.3 is 10.4 Å². The maximum atomic E-state index is 12.4. The molecule has 0 saturated carbocycles. The highest BCUT2D eigenvalue weighted by atomic mass is 16.4. The third-order valence-electron chi connectivity index (χ3n) is 4.01. The number of hydrogen-bond acceptors (Lipinski definition) is 3. The lowest BCUT2D eigenvalue weighted by Crippen LogP contribution is -2.53. The smallest absolute Gasteiger partial charge is 0.329 e. The van der Waals surface area contributed by atoms with Crippen molar-refractivity contribution < 1.29 is 14.7 Å². The molecule has 0 saturated heterocycles. The number of carbonyl (C=O) groups is 2. The molecule has 0 aliphatic heterocycles. The molecule has 6 nitrogen and oxygen atoms in total. The van der Waals surface area contributed by atoms with Crippen LogP contribution in [0.5, 0.6) is 0 Å². The maximum absolute atomic E-state index is 12.4. The molecule has 0 radical (unpaired) electrons. The predicted molar refractivity (Wildman–Crippen MR) is 80.2 cm³/mol. The van der Waals surface area contributed by atoms with Gasteiger partial charge in [0.05, 0.1) is 11.6 Å². The zero-order chi connectivity index (χ0) is 16.4. The van der Waals surface area contributed by atoms with E-state index in [-0.39, 0.29) is 5.91 Å². The highest BCUT2D eigenvalue weighted by Gasteiger charge is 2.36. The van der Waals surface area contributed by atoms with E-state index < -0.39 is 17.4 Å². The van der Waals surface area contributed by atoms with Gasteiger partial charge >= 0.3 is 5.97 Å². The Morgan fingerprint density at radius 1 is 1.43 bits per heavy atom. The fourth-order valence-electron chi connectivity index (χ4n) is 2.65. The number of carboxylic acid groups (broad SMARTS) is 1. The van der Waals surface area contributed by atoms with E-state index in [1.807, 2.05) is 27.8 Å². The number of aliphatic carboxylic acids is 1. The topological polar surface area (TPSA) is 84.2 Å². The Morgan fingerprint density at radius 3 is 2.38 bits per heavy atom. The molecule has 2 unspecified atom stereocenters. The van der Waals surface area contributed by atoms with Gasteiger partial charge in [-0.1, -0.05) is 13.3 Å². The first-order chi connectivity index (χ1) is 9.64. The molecule has 0 aliphatic rings. The van der Waals surface area contributed by atoms with Crippen molar-refractivity contribution in [1.29, 1.82) is 0 Å². The Bertz CT molecular complexity index is 551. The van der Waals surface area contributed by atoms with Crippen LogP contribution in [0, 0.1) is 13.8 Å². The molecule has 2 N–H and O–H groups in total. The average molecular weight is 295 g/mol. The summed E-state index contributed by atoms with van der Waals surface area (Å²) in [6.45, 7) is 8.98. The average Bonchev–Trinajstić information content (AvgIpc) is 2.62. The van der Waals surface area contributed by atoms with Crippen molar-refractivity contribution in [2.75, 3.05) is 0 Å². The summed E-state index contributed by atoms with van der Waals surface area (Å²) in [5, 5.41) is 16.3. The Kier molecular flexibility index (Phi) is 5.15. The summed E-state index contributed by atoms with van der Waals surface area (Å²) < 4.78 is 1.73. The van der Waals surface area contributed by atoms with Gasteiger partial charge in [-0.25, -0.2) is 4.79 Å². The molecule has 0 aliphatic carbocycles. The summed E-state index contributed by atoms with van der Waals surface area (Å²) in [6.07, 6.45) is 1.08. The molecular formula is C15H25N3O3. The summed E-state index contributed by atoms with van der Waals surface area (Å²) in [5.74, 6) is -1.73. The Labute approximate surface area is 125 Å². The van der Waals surface area contributed by atoms with Crippen LogP contribution in [0.4, 0.5) is 0 Å². The summed E-state index contributed by atoms with van der Waals surface area (Å²) in [7, 11) is 1.83. The Balaban J connectivity index is 3.00. The molecule has 6 heteroatoms. The SMILES string of the molecule is CCCC(C)(NC(=O)C(C)c1c(C)nn(C)c1C)C(=O)O. The predicted octanol–water partition coefficient (Wildman–Crippen LogP) is 1.90. The zero-order valence-electron chi connectivity index (χ0n) is 13.6. The van der Waals surface area contributed by atoms with E-state index >= 15 is 0 Å². The molecule has 21 heavy (non-hydrogen) atoms. The van der Waals surface area contributed by atoms with Crippen molar-refractivity contribution in [2.24, 2.45) is 7.05 Å². The largest absolute Gasteiger partial charge is 0.480 e. The second-order valence-electron chi connectivity index (χ2n) is 5.81. The van der Waals surface area contributed by atoms with Gasteiger partial charge in [-0.3, -0.25) is 9.48 Å². The summed E-state index contributed by atoms with van der Waals surface area (Å²) >= 11 is 0. The Morgan fingerprint density at radius 2 is 2.00 bits per heavy atom. The lowest BCUT2D eigenvalue weighted by atomic mass is 9.93. The van der Waals surface area contributed by atoms with Crippen molar-refractivity contribution >= 4 is 11.9 Å². The second-order valence-corrected chi connectivity index (χ2v) is 5.81. The van der Waals surface area contributed by atoms with E-state index in [1.54, 1.807) is 18.5 Å². The quantitative estimate of drug-likeness (QED) is 0.839. The minimum Gasteiger partial charge on any atom is -0.480 e. The standard InChI is InChI=1S/C15H25N3O3/c1-7-8-15(5,14(20)21)16-13(19)9(2)12-10(3)17-18(6)11(12)4/h9H,7-8H2,1-6H3,(H,16,19)(H,20,21). The van der Waals surface area contributed by atoms with Gasteiger partial charge in [0.1, 0.15) is 5.54 Å². The van der Waals surface area contributed by atoms with Crippen LogP contribution in [0.15, 0.2) is 0 Å². The zero-order valence-corrected chi connectivity index (χ0v) is 13.6. The number of carboxylic acids is 1. The van der Waals surface area contributed by atoms with E-state index in [1.165, 1.54) is 0 Å².